The standard InChI is InChI=1S/C14H15ClF2N2O.C9H8ClF2NO2/c1-4-14(2,3)19-13(20)10-7-9(15)5-6-11(10)18-8-12(16)17;10-5-1-2-7(13-4-8(11)12)6(3-5)9(14)15/h1,5-7,12,18H,8H2,2-3H3,(H,19,20);1-3,8,13H,4H2,(H,14,15). The Hall–Kier alpha value is -3.16. The summed E-state index contributed by atoms with van der Waals surface area (Å²) in [5.41, 5.74) is -0.392. The lowest BCUT2D eigenvalue weighted by molar-refractivity contribution is 0.0697. The van der Waals surface area contributed by atoms with Crippen molar-refractivity contribution in [1.29, 1.82) is 0 Å². The molecular weight excluding hydrogens is 513 g/mol. The van der Waals surface area contributed by atoms with Gasteiger partial charge in [0.1, 0.15) is 0 Å². The Labute approximate surface area is 210 Å². The van der Waals surface area contributed by atoms with Crippen molar-refractivity contribution in [3.05, 3.63) is 57.6 Å². The molecule has 0 atom stereocenters. The van der Waals surface area contributed by atoms with E-state index in [1.807, 2.05) is 0 Å². The number of amides is 1. The minimum Gasteiger partial charge on any atom is -0.478 e. The van der Waals surface area contributed by atoms with E-state index in [1.54, 1.807) is 13.8 Å². The Morgan fingerprint density at radius 3 is 1.77 bits per heavy atom. The highest BCUT2D eigenvalue weighted by Crippen LogP contribution is 2.22. The lowest BCUT2D eigenvalue weighted by atomic mass is 10.1. The molecule has 0 fully saturated rings. The average molecular weight is 536 g/mol. The molecular formula is C23H23Cl2F4N3O3. The topological polar surface area (TPSA) is 90.5 Å². The van der Waals surface area contributed by atoms with E-state index in [2.05, 4.69) is 21.9 Å². The number of hydrogen-bond donors (Lipinski definition) is 4. The number of nitrogens with one attached hydrogen (secondary N) is 3. The van der Waals surface area contributed by atoms with Gasteiger partial charge in [-0.3, -0.25) is 4.79 Å². The number of hydrogen-bond acceptors (Lipinski definition) is 4. The van der Waals surface area contributed by atoms with E-state index < -0.39 is 43.4 Å². The van der Waals surface area contributed by atoms with Gasteiger partial charge in [0.25, 0.3) is 18.8 Å². The molecule has 12 heteroatoms. The van der Waals surface area contributed by atoms with Crippen molar-refractivity contribution in [3.8, 4) is 12.3 Å². The summed E-state index contributed by atoms with van der Waals surface area (Å²) in [5.74, 6) is 0.728. The number of aromatic carboxylic acids is 1. The van der Waals surface area contributed by atoms with E-state index in [9.17, 15) is 27.2 Å². The lowest BCUT2D eigenvalue weighted by Crippen LogP contribution is -2.42. The quantitative estimate of drug-likeness (QED) is 0.238. The van der Waals surface area contributed by atoms with Crippen LogP contribution in [0.2, 0.25) is 10.0 Å². The zero-order valence-electron chi connectivity index (χ0n) is 18.6. The number of terminal acetylenes is 1. The molecule has 0 aliphatic carbocycles. The van der Waals surface area contributed by atoms with Crippen molar-refractivity contribution >= 4 is 46.5 Å². The molecule has 6 nitrogen and oxygen atoms in total. The van der Waals surface area contributed by atoms with Crippen LogP contribution in [0.15, 0.2) is 36.4 Å². The number of carboxylic acids is 1. The molecule has 0 aliphatic rings. The molecule has 190 valence electrons. The minimum absolute atomic E-state index is 0.122. The Kier molecular flexibility index (Phi) is 11.7. The smallest absolute Gasteiger partial charge is 0.337 e. The maximum atomic E-state index is 12.2. The number of carbonyl (C=O) groups excluding carboxylic acids is 1. The van der Waals surface area contributed by atoms with E-state index in [-0.39, 0.29) is 27.5 Å². The molecule has 1 amide bonds. The van der Waals surface area contributed by atoms with Gasteiger partial charge in [0.15, 0.2) is 0 Å². The van der Waals surface area contributed by atoms with E-state index in [0.29, 0.717) is 5.02 Å². The zero-order chi connectivity index (χ0) is 26.8. The van der Waals surface area contributed by atoms with Crippen molar-refractivity contribution < 1.29 is 32.3 Å². The Bertz CT molecular complexity index is 1080. The maximum Gasteiger partial charge on any atom is 0.337 e. The normalized spacial score (nSPS) is 10.8. The van der Waals surface area contributed by atoms with E-state index >= 15 is 0 Å². The second-order valence-electron chi connectivity index (χ2n) is 7.45. The van der Waals surface area contributed by atoms with Crippen LogP contribution in [-0.2, 0) is 0 Å². The van der Waals surface area contributed by atoms with Crippen LogP contribution in [0.25, 0.3) is 0 Å². The highest BCUT2D eigenvalue weighted by atomic mass is 35.5. The molecule has 0 saturated carbocycles. The molecule has 0 spiro atoms. The first-order valence-electron chi connectivity index (χ1n) is 9.92. The van der Waals surface area contributed by atoms with Gasteiger partial charge < -0.3 is 21.1 Å². The van der Waals surface area contributed by atoms with Gasteiger partial charge in [0, 0.05) is 21.4 Å². The summed E-state index contributed by atoms with van der Waals surface area (Å²) in [6, 6.07) is 8.38. The van der Waals surface area contributed by atoms with Gasteiger partial charge in [-0.15, -0.1) is 6.42 Å². The fourth-order valence-electron chi connectivity index (χ4n) is 2.47. The van der Waals surface area contributed by atoms with Gasteiger partial charge in [-0.1, -0.05) is 29.1 Å². The second kappa shape index (κ2) is 13.7. The molecule has 0 aromatic heterocycles. The van der Waals surface area contributed by atoms with Crippen molar-refractivity contribution in [2.75, 3.05) is 23.7 Å². The number of anilines is 2. The third kappa shape index (κ3) is 10.8. The number of alkyl halides is 4. The summed E-state index contributed by atoms with van der Waals surface area (Å²) in [7, 11) is 0. The first-order valence-corrected chi connectivity index (χ1v) is 10.7. The first kappa shape index (κ1) is 29.9. The van der Waals surface area contributed by atoms with Gasteiger partial charge in [-0.05, 0) is 50.2 Å². The fraction of sp³-hybridized carbons (Fsp3) is 0.304. The lowest BCUT2D eigenvalue weighted by Gasteiger charge is -2.21. The van der Waals surface area contributed by atoms with Gasteiger partial charge >= 0.3 is 5.97 Å². The Morgan fingerprint density at radius 2 is 1.37 bits per heavy atom. The van der Waals surface area contributed by atoms with Crippen LogP contribution in [0, 0.1) is 12.3 Å². The number of rotatable bonds is 9. The molecule has 0 radical (unpaired) electrons. The highest BCUT2D eigenvalue weighted by molar-refractivity contribution is 6.31. The average Bonchev–Trinajstić information content (AvgIpc) is 2.77. The summed E-state index contributed by atoms with van der Waals surface area (Å²) in [4.78, 5) is 22.9. The van der Waals surface area contributed by atoms with Crippen molar-refractivity contribution in [2.45, 2.75) is 32.2 Å². The fourth-order valence-corrected chi connectivity index (χ4v) is 2.81. The van der Waals surface area contributed by atoms with Crippen LogP contribution in [0.3, 0.4) is 0 Å². The van der Waals surface area contributed by atoms with Crippen LogP contribution in [0.1, 0.15) is 34.6 Å². The van der Waals surface area contributed by atoms with Crippen LogP contribution in [-0.4, -0.2) is 48.5 Å². The highest BCUT2D eigenvalue weighted by Gasteiger charge is 2.21. The molecule has 4 N–H and O–H groups in total. The summed E-state index contributed by atoms with van der Waals surface area (Å²) in [6.07, 6.45) is 0.230. The second-order valence-corrected chi connectivity index (χ2v) is 8.33. The zero-order valence-corrected chi connectivity index (χ0v) is 20.2. The molecule has 0 heterocycles. The summed E-state index contributed by atoms with van der Waals surface area (Å²) in [5, 5.41) is 16.8. The van der Waals surface area contributed by atoms with Crippen molar-refractivity contribution in [2.24, 2.45) is 0 Å². The van der Waals surface area contributed by atoms with Crippen molar-refractivity contribution in [3.63, 3.8) is 0 Å². The molecule has 2 aromatic carbocycles. The molecule has 0 aliphatic heterocycles. The predicted octanol–water partition coefficient (Wildman–Crippen LogP) is 5.87. The monoisotopic (exact) mass is 535 g/mol. The van der Waals surface area contributed by atoms with Crippen LogP contribution in [0.5, 0.6) is 0 Å². The molecule has 0 saturated heterocycles. The number of benzene rings is 2. The predicted molar refractivity (Wildman–Crippen MR) is 129 cm³/mol. The van der Waals surface area contributed by atoms with Gasteiger partial charge in [0.05, 0.1) is 29.8 Å². The van der Waals surface area contributed by atoms with E-state index in [1.165, 1.54) is 36.4 Å². The van der Waals surface area contributed by atoms with E-state index in [4.69, 9.17) is 34.7 Å². The number of carboxylic acid groups (broad SMARTS) is 1. The van der Waals surface area contributed by atoms with Crippen molar-refractivity contribution in [1.82, 2.24) is 5.32 Å². The van der Waals surface area contributed by atoms with Crippen LogP contribution >= 0.6 is 23.2 Å². The minimum atomic E-state index is -2.54. The first-order chi connectivity index (χ1) is 16.3. The SMILES string of the molecule is C#CC(C)(C)NC(=O)c1cc(Cl)ccc1NCC(F)F.O=C(O)c1cc(Cl)ccc1NCC(F)F. The largest absolute Gasteiger partial charge is 0.478 e. The summed E-state index contributed by atoms with van der Waals surface area (Å²) in [6.45, 7) is 2.16. The van der Waals surface area contributed by atoms with Gasteiger partial charge in [-0.25, -0.2) is 22.4 Å². The number of carbonyl (C=O) groups is 2. The molecule has 35 heavy (non-hydrogen) atoms. The van der Waals surface area contributed by atoms with Gasteiger partial charge in [0.2, 0.25) is 0 Å². The third-order valence-corrected chi connectivity index (χ3v) is 4.59. The Balaban J connectivity index is 0.000000365. The Morgan fingerprint density at radius 1 is 0.943 bits per heavy atom. The summed E-state index contributed by atoms with van der Waals surface area (Å²) >= 11 is 11.4. The maximum absolute atomic E-state index is 12.2. The van der Waals surface area contributed by atoms with E-state index in [0.717, 1.165) is 0 Å². The molecule has 2 aromatic rings. The third-order valence-electron chi connectivity index (χ3n) is 4.12. The van der Waals surface area contributed by atoms with Gasteiger partial charge in [-0.2, -0.15) is 0 Å². The number of halogens is 6. The van der Waals surface area contributed by atoms with Crippen LogP contribution in [0.4, 0.5) is 28.9 Å². The molecule has 0 unspecified atom stereocenters. The molecule has 2 rings (SSSR count). The summed E-state index contributed by atoms with van der Waals surface area (Å²) < 4.78 is 48.3. The molecule has 0 bridgehead atoms. The van der Waals surface area contributed by atoms with Crippen LogP contribution < -0.4 is 16.0 Å².